The molecular weight excluding hydrogens is 271 g/mol. The van der Waals surface area contributed by atoms with Crippen LogP contribution < -0.4 is 5.32 Å². The molecule has 1 aromatic rings. The van der Waals surface area contributed by atoms with Gasteiger partial charge in [0.1, 0.15) is 0 Å². The van der Waals surface area contributed by atoms with Crippen molar-refractivity contribution in [2.24, 2.45) is 0 Å². The highest BCUT2D eigenvalue weighted by Crippen LogP contribution is 2.35. The number of halogens is 4. The van der Waals surface area contributed by atoms with Crippen LogP contribution in [-0.4, -0.2) is 13.2 Å². The van der Waals surface area contributed by atoms with Gasteiger partial charge in [-0.05, 0) is 37.8 Å². The Balaban J connectivity index is 2.58. The number of alkyl halides is 3. The highest BCUT2D eigenvalue weighted by molar-refractivity contribution is 7.10. The summed E-state index contributed by atoms with van der Waals surface area (Å²) in [5, 5.41) is 5.61. The van der Waals surface area contributed by atoms with E-state index >= 15 is 0 Å². The van der Waals surface area contributed by atoms with E-state index in [0.29, 0.717) is 11.4 Å². The molecule has 1 aromatic heterocycles. The predicted molar refractivity (Wildman–Crippen MR) is 65.8 cm³/mol. The summed E-state index contributed by atoms with van der Waals surface area (Å²) in [6, 6.07) is -0.0939. The van der Waals surface area contributed by atoms with Crippen molar-refractivity contribution in [2.45, 2.75) is 38.4 Å². The lowest BCUT2D eigenvalue weighted by Crippen LogP contribution is -2.17. The monoisotopic (exact) mass is 285 g/mol. The number of hydrogen-bond acceptors (Lipinski definition) is 2. The van der Waals surface area contributed by atoms with Crippen molar-refractivity contribution in [3.05, 3.63) is 20.8 Å². The Bertz CT molecular complexity index is 362. The van der Waals surface area contributed by atoms with Crippen LogP contribution in [-0.2, 0) is 0 Å². The van der Waals surface area contributed by atoms with Crippen LogP contribution in [0.25, 0.3) is 0 Å². The minimum atomic E-state index is -4.08. The molecule has 1 heterocycles. The van der Waals surface area contributed by atoms with Crippen LogP contribution >= 0.6 is 22.9 Å². The summed E-state index contributed by atoms with van der Waals surface area (Å²) >= 11 is 7.59. The standard InChI is InChI=1S/C11H15ClF3NS/c1-7-6-17-10(9(7)12)8(16-2)4-3-5-11(13,14)15/h6,8,16H,3-5H2,1-2H3. The summed E-state index contributed by atoms with van der Waals surface area (Å²) in [6.45, 7) is 1.89. The van der Waals surface area contributed by atoms with E-state index in [1.165, 1.54) is 11.3 Å². The molecule has 0 aliphatic carbocycles. The van der Waals surface area contributed by atoms with E-state index in [2.05, 4.69) is 5.32 Å². The molecular formula is C11H15ClF3NS. The van der Waals surface area contributed by atoms with Crippen LogP contribution in [0.1, 0.15) is 35.7 Å². The Hall–Kier alpha value is -0.260. The van der Waals surface area contributed by atoms with Crippen LogP contribution in [0, 0.1) is 6.92 Å². The quantitative estimate of drug-likeness (QED) is 0.826. The van der Waals surface area contributed by atoms with Crippen molar-refractivity contribution in [1.82, 2.24) is 5.32 Å². The van der Waals surface area contributed by atoms with Crippen molar-refractivity contribution in [2.75, 3.05) is 7.05 Å². The van der Waals surface area contributed by atoms with Gasteiger partial charge in [0.25, 0.3) is 0 Å². The molecule has 6 heteroatoms. The fourth-order valence-electron chi connectivity index (χ4n) is 1.60. The first kappa shape index (κ1) is 14.8. The molecule has 0 aliphatic heterocycles. The summed E-state index contributed by atoms with van der Waals surface area (Å²) in [4.78, 5) is 0.925. The Morgan fingerprint density at radius 1 is 1.47 bits per heavy atom. The maximum absolute atomic E-state index is 12.1. The zero-order valence-electron chi connectivity index (χ0n) is 9.70. The van der Waals surface area contributed by atoms with Crippen molar-refractivity contribution in [3.8, 4) is 0 Å². The normalized spacial score (nSPS) is 14.0. The fourth-order valence-corrected chi connectivity index (χ4v) is 3.07. The molecule has 1 nitrogen and oxygen atoms in total. The average molecular weight is 286 g/mol. The lowest BCUT2D eigenvalue weighted by Gasteiger charge is -2.16. The van der Waals surface area contributed by atoms with Gasteiger partial charge in [-0.25, -0.2) is 0 Å². The van der Waals surface area contributed by atoms with Gasteiger partial charge >= 0.3 is 6.18 Å². The molecule has 1 rings (SSSR count). The zero-order valence-corrected chi connectivity index (χ0v) is 11.3. The molecule has 0 aromatic carbocycles. The van der Waals surface area contributed by atoms with Crippen LogP contribution in [0.4, 0.5) is 13.2 Å². The van der Waals surface area contributed by atoms with Gasteiger partial charge in [0.15, 0.2) is 0 Å². The molecule has 0 spiro atoms. The molecule has 0 fully saturated rings. The van der Waals surface area contributed by atoms with Gasteiger partial charge < -0.3 is 5.32 Å². The Kier molecular flexibility index (Phi) is 5.28. The molecule has 1 atom stereocenters. The molecule has 0 saturated carbocycles. The van der Waals surface area contributed by atoms with E-state index in [1.807, 2.05) is 12.3 Å². The zero-order chi connectivity index (χ0) is 13.1. The second-order valence-electron chi connectivity index (χ2n) is 3.95. The molecule has 0 radical (unpaired) electrons. The Morgan fingerprint density at radius 3 is 2.53 bits per heavy atom. The van der Waals surface area contributed by atoms with Gasteiger partial charge in [0, 0.05) is 17.3 Å². The number of aryl methyl sites for hydroxylation is 1. The number of thiophene rings is 1. The topological polar surface area (TPSA) is 12.0 Å². The van der Waals surface area contributed by atoms with Crippen molar-refractivity contribution in [1.29, 1.82) is 0 Å². The van der Waals surface area contributed by atoms with Crippen LogP contribution in [0.2, 0.25) is 5.02 Å². The van der Waals surface area contributed by atoms with Crippen molar-refractivity contribution < 1.29 is 13.2 Å². The lowest BCUT2D eigenvalue weighted by molar-refractivity contribution is -0.135. The SMILES string of the molecule is CNC(CCCC(F)(F)F)c1scc(C)c1Cl. The maximum atomic E-state index is 12.1. The Labute approximate surface area is 108 Å². The lowest BCUT2D eigenvalue weighted by atomic mass is 10.1. The Morgan fingerprint density at radius 2 is 2.12 bits per heavy atom. The average Bonchev–Trinajstić information content (AvgIpc) is 2.54. The molecule has 17 heavy (non-hydrogen) atoms. The highest BCUT2D eigenvalue weighted by atomic mass is 35.5. The molecule has 0 bridgehead atoms. The smallest absolute Gasteiger partial charge is 0.312 e. The van der Waals surface area contributed by atoms with Crippen molar-refractivity contribution >= 4 is 22.9 Å². The molecule has 1 N–H and O–H groups in total. The second kappa shape index (κ2) is 6.07. The first-order valence-electron chi connectivity index (χ1n) is 5.32. The van der Waals surface area contributed by atoms with Gasteiger partial charge in [0.05, 0.1) is 5.02 Å². The van der Waals surface area contributed by atoms with E-state index in [0.717, 1.165) is 10.4 Å². The van der Waals surface area contributed by atoms with Crippen LogP contribution in [0.15, 0.2) is 5.38 Å². The molecule has 0 amide bonds. The van der Waals surface area contributed by atoms with E-state index in [-0.39, 0.29) is 12.5 Å². The highest BCUT2D eigenvalue weighted by Gasteiger charge is 2.27. The molecule has 1 unspecified atom stereocenters. The minimum absolute atomic E-state index is 0.0939. The van der Waals surface area contributed by atoms with Crippen molar-refractivity contribution in [3.63, 3.8) is 0 Å². The van der Waals surface area contributed by atoms with E-state index < -0.39 is 12.6 Å². The number of rotatable bonds is 5. The van der Waals surface area contributed by atoms with E-state index in [9.17, 15) is 13.2 Å². The maximum Gasteiger partial charge on any atom is 0.389 e. The van der Waals surface area contributed by atoms with Crippen LogP contribution in [0.3, 0.4) is 0 Å². The third-order valence-corrected chi connectivity index (χ3v) is 4.37. The first-order valence-corrected chi connectivity index (χ1v) is 6.58. The summed E-state index contributed by atoms with van der Waals surface area (Å²) in [5.41, 5.74) is 0.975. The summed E-state index contributed by atoms with van der Waals surface area (Å²) in [7, 11) is 1.74. The predicted octanol–water partition coefficient (Wildman–Crippen LogP) is 4.70. The molecule has 98 valence electrons. The number of nitrogens with one attached hydrogen (secondary N) is 1. The molecule has 0 saturated heterocycles. The number of hydrogen-bond donors (Lipinski definition) is 1. The summed E-state index contributed by atoms with van der Waals surface area (Å²) < 4.78 is 36.2. The van der Waals surface area contributed by atoms with E-state index in [1.54, 1.807) is 7.05 Å². The van der Waals surface area contributed by atoms with Gasteiger partial charge in [-0.1, -0.05) is 11.6 Å². The van der Waals surface area contributed by atoms with Gasteiger partial charge in [-0.15, -0.1) is 11.3 Å². The molecule has 0 aliphatic rings. The van der Waals surface area contributed by atoms with Gasteiger partial charge in [-0.2, -0.15) is 13.2 Å². The van der Waals surface area contributed by atoms with E-state index in [4.69, 9.17) is 11.6 Å². The fraction of sp³-hybridized carbons (Fsp3) is 0.636. The summed E-state index contributed by atoms with van der Waals surface area (Å²) in [5.74, 6) is 0. The largest absolute Gasteiger partial charge is 0.389 e. The second-order valence-corrected chi connectivity index (χ2v) is 5.23. The van der Waals surface area contributed by atoms with Gasteiger partial charge in [0.2, 0.25) is 0 Å². The van der Waals surface area contributed by atoms with Crippen LogP contribution in [0.5, 0.6) is 0 Å². The summed E-state index contributed by atoms with van der Waals surface area (Å²) in [6.07, 6.45) is -4.27. The first-order chi connectivity index (χ1) is 7.85. The van der Waals surface area contributed by atoms with Gasteiger partial charge in [-0.3, -0.25) is 0 Å². The minimum Gasteiger partial charge on any atom is -0.312 e. The third kappa shape index (κ3) is 4.48. The third-order valence-electron chi connectivity index (χ3n) is 2.54.